The van der Waals surface area contributed by atoms with E-state index in [2.05, 4.69) is 9.88 Å². The quantitative estimate of drug-likeness (QED) is 0.652. The second-order valence-electron chi connectivity index (χ2n) is 6.00. The Morgan fingerprint density at radius 3 is 2.33 bits per heavy atom. The Labute approximate surface area is 157 Å². The normalized spacial score (nSPS) is 11.2. The van der Waals surface area contributed by atoms with Crippen molar-refractivity contribution < 1.29 is 22.5 Å². The first-order valence-corrected chi connectivity index (χ1v) is 9.61. The third-order valence-electron chi connectivity index (χ3n) is 3.73. The van der Waals surface area contributed by atoms with Gasteiger partial charge in [0, 0.05) is 11.8 Å². The highest BCUT2D eigenvalue weighted by molar-refractivity contribution is 7.92. The van der Waals surface area contributed by atoms with E-state index in [9.17, 15) is 13.2 Å². The number of nitrogens with one attached hydrogen (secondary N) is 1. The number of carbonyl (C=O) groups excluding carboxylic acids is 1. The van der Waals surface area contributed by atoms with Crippen molar-refractivity contribution in [3.8, 4) is 0 Å². The van der Waals surface area contributed by atoms with Crippen molar-refractivity contribution in [1.29, 1.82) is 0 Å². The zero-order chi connectivity index (χ0) is 19.4. The molecule has 0 aliphatic rings. The molecule has 0 saturated carbocycles. The fourth-order valence-corrected chi connectivity index (χ4v) is 3.37. The minimum Gasteiger partial charge on any atom is -0.455 e. The summed E-state index contributed by atoms with van der Waals surface area (Å²) >= 11 is 0. The molecule has 0 atom stereocenters. The summed E-state index contributed by atoms with van der Waals surface area (Å²) in [5.41, 5.74) is 2.24. The van der Waals surface area contributed by atoms with Crippen molar-refractivity contribution in [2.45, 2.75) is 25.3 Å². The van der Waals surface area contributed by atoms with Gasteiger partial charge in [0.1, 0.15) is 18.1 Å². The van der Waals surface area contributed by atoms with Gasteiger partial charge in [-0.15, -0.1) is 0 Å². The van der Waals surface area contributed by atoms with Crippen LogP contribution in [0.1, 0.15) is 27.4 Å². The number of aryl methyl sites for hydroxylation is 2. The van der Waals surface area contributed by atoms with Crippen LogP contribution in [0.3, 0.4) is 0 Å². The predicted molar refractivity (Wildman–Crippen MR) is 98.8 cm³/mol. The molecule has 0 aliphatic carbocycles. The molecule has 8 heteroatoms. The first-order valence-electron chi connectivity index (χ1n) is 8.12. The smallest absolute Gasteiger partial charge is 0.338 e. The SMILES string of the molecule is Cc1ccc(NS(=O)(=O)c2ccc(C(=O)OCc3cc(C)on3)cc2)cc1. The van der Waals surface area contributed by atoms with Gasteiger partial charge in [-0.2, -0.15) is 0 Å². The number of rotatable bonds is 6. The standard InChI is InChI=1S/C19H18N2O5S/c1-13-3-7-16(8-4-13)21-27(23,24)18-9-5-15(6-10-18)19(22)25-12-17-11-14(2)26-20-17/h3-11,21H,12H2,1-2H3. The number of ether oxygens (including phenoxy) is 1. The van der Waals surface area contributed by atoms with Crippen LogP contribution in [0, 0.1) is 13.8 Å². The zero-order valence-electron chi connectivity index (χ0n) is 14.8. The third kappa shape index (κ3) is 4.73. The highest BCUT2D eigenvalue weighted by atomic mass is 32.2. The van der Waals surface area contributed by atoms with Crippen LogP contribution in [0.5, 0.6) is 0 Å². The van der Waals surface area contributed by atoms with E-state index in [0.717, 1.165) is 5.56 Å². The van der Waals surface area contributed by atoms with E-state index in [4.69, 9.17) is 9.26 Å². The van der Waals surface area contributed by atoms with Crippen LogP contribution in [0.25, 0.3) is 0 Å². The van der Waals surface area contributed by atoms with Gasteiger partial charge in [0.15, 0.2) is 0 Å². The van der Waals surface area contributed by atoms with Crippen LogP contribution in [-0.2, 0) is 21.4 Å². The van der Waals surface area contributed by atoms with Crippen LogP contribution < -0.4 is 4.72 Å². The molecule has 0 saturated heterocycles. The topological polar surface area (TPSA) is 98.5 Å². The number of carbonyl (C=O) groups is 1. The molecule has 3 aromatic rings. The van der Waals surface area contributed by atoms with Crippen LogP contribution in [0.4, 0.5) is 5.69 Å². The molecule has 0 bridgehead atoms. The minimum atomic E-state index is -3.75. The fourth-order valence-electron chi connectivity index (χ4n) is 2.31. The molecule has 3 rings (SSSR count). The van der Waals surface area contributed by atoms with Crippen molar-refractivity contribution in [2.24, 2.45) is 0 Å². The average Bonchev–Trinajstić information content (AvgIpc) is 3.07. The van der Waals surface area contributed by atoms with E-state index in [1.165, 1.54) is 24.3 Å². The molecule has 1 heterocycles. The van der Waals surface area contributed by atoms with Gasteiger partial charge in [-0.05, 0) is 50.2 Å². The lowest BCUT2D eigenvalue weighted by molar-refractivity contribution is 0.0464. The predicted octanol–water partition coefficient (Wildman–Crippen LogP) is 3.45. The molecule has 2 aromatic carbocycles. The van der Waals surface area contributed by atoms with Gasteiger partial charge in [-0.25, -0.2) is 13.2 Å². The Kier molecular flexibility index (Phi) is 5.27. The third-order valence-corrected chi connectivity index (χ3v) is 5.13. The molecule has 0 spiro atoms. The van der Waals surface area contributed by atoms with Gasteiger partial charge < -0.3 is 9.26 Å². The Hall–Kier alpha value is -3.13. The summed E-state index contributed by atoms with van der Waals surface area (Å²) in [6, 6.07) is 14.2. The number of aromatic nitrogens is 1. The fraction of sp³-hybridized carbons (Fsp3) is 0.158. The largest absolute Gasteiger partial charge is 0.455 e. The van der Waals surface area contributed by atoms with E-state index in [-0.39, 0.29) is 17.1 Å². The molecule has 0 fully saturated rings. The van der Waals surface area contributed by atoms with E-state index in [0.29, 0.717) is 17.1 Å². The van der Waals surface area contributed by atoms with E-state index in [1.54, 1.807) is 25.1 Å². The van der Waals surface area contributed by atoms with Crippen molar-refractivity contribution in [1.82, 2.24) is 5.16 Å². The average molecular weight is 386 g/mol. The maximum Gasteiger partial charge on any atom is 0.338 e. The first kappa shape index (κ1) is 18.7. The molecule has 0 radical (unpaired) electrons. The van der Waals surface area contributed by atoms with Crippen molar-refractivity contribution in [2.75, 3.05) is 4.72 Å². The molecule has 0 amide bonds. The molecule has 140 valence electrons. The van der Waals surface area contributed by atoms with Crippen LogP contribution in [-0.4, -0.2) is 19.5 Å². The van der Waals surface area contributed by atoms with Gasteiger partial charge in [0.2, 0.25) is 0 Å². The van der Waals surface area contributed by atoms with E-state index < -0.39 is 16.0 Å². The van der Waals surface area contributed by atoms with Gasteiger partial charge >= 0.3 is 5.97 Å². The molecular formula is C19H18N2O5S. The van der Waals surface area contributed by atoms with Crippen LogP contribution in [0.15, 0.2) is 64.0 Å². The van der Waals surface area contributed by atoms with E-state index >= 15 is 0 Å². The molecule has 1 aromatic heterocycles. The number of nitrogens with zero attached hydrogens (tertiary/aromatic N) is 1. The van der Waals surface area contributed by atoms with Gasteiger partial charge in [-0.3, -0.25) is 4.72 Å². The summed E-state index contributed by atoms with van der Waals surface area (Å²) in [5.74, 6) is 0.0442. The minimum absolute atomic E-state index is 0.0226. The molecule has 7 nitrogen and oxygen atoms in total. The molecule has 0 unspecified atom stereocenters. The Morgan fingerprint density at radius 2 is 1.74 bits per heavy atom. The zero-order valence-corrected chi connectivity index (χ0v) is 15.6. The maximum atomic E-state index is 12.4. The summed E-state index contributed by atoms with van der Waals surface area (Å²) in [5, 5.41) is 3.73. The second kappa shape index (κ2) is 7.63. The molecule has 27 heavy (non-hydrogen) atoms. The van der Waals surface area contributed by atoms with Crippen molar-refractivity contribution in [3.63, 3.8) is 0 Å². The number of sulfonamides is 1. The number of hydrogen-bond acceptors (Lipinski definition) is 6. The lowest BCUT2D eigenvalue weighted by Crippen LogP contribution is -2.13. The maximum absolute atomic E-state index is 12.4. The summed E-state index contributed by atoms with van der Waals surface area (Å²) in [4.78, 5) is 12.1. The molecule has 1 N–H and O–H groups in total. The van der Waals surface area contributed by atoms with Gasteiger partial charge in [-0.1, -0.05) is 22.9 Å². The number of anilines is 1. The van der Waals surface area contributed by atoms with E-state index in [1.807, 2.05) is 19.1 Å². The lowest BCUT2D eigenvalue weighted by Gasteiger charge is -2.09. The van der Waals surface area contributed by atoms with Gasteiger partial charge in [0.05, 0.1) is 10.5 Å². The summed E-state index contributed by atoms with van der Waals surface area (Å²) in [6.07, 6.45) is 0. The Morgan fingerprint density at radius 1 is 1.07 bits per heavy atom. The number of esters is 1. The monoisotopic (exact) mass is 386 g/mol. The van der Waals surface area contributed by atoms with Gasteiger partial charge in [0.25, 0.3) is 10.0 Å². The summed E-state index contributed by atoms with van der Waals surface area (Å²) in [7, 11) is -3.75. The van der Waals surface area contributed by atoms with Crippen molar-refractivity contribution in [3.05, 3.63) is 77.2 Å². The Balaban J connectivity index is 1.66. The number of hydrogen-bond donors (Lipinski definition) is 1. The van der Waals surface area contributed by atoms with Crippen LogP contribution in [0.2, 0.25) is 0 Å². The van der Waals surface area contributed by atoms with Crippen LogP contribution >= 0.6 is 0 Å². The molecular weight excluding hydrogens is 368 g/mol. The summed E-state index contributed by atoms with van der Waals surface area (Å²) < 4.78 is 37.4. The Bertz CT molecular complexity index is 1040. The second-order valence-corrected chi connectivity index (χ2v) is 7.68. The first-order chi connectivity index (χ1) is 12.8. The lowest BCUT2D eigenvalue weighted by atomic mass is 10.2. The number of benzene rings is 2. The summed E-state index contributed by atoms with van der Waals surface area (Å²) in [6.45, 7) is 3.63. The molecule has 0 aliphatic heterocycles. The van der Waals surface area contributed by atoms with Crippen molar-refractivity contribution >= 4 is 21.7 Å². The highest BCUT2D eigenvalue weighted by Crippen LogP contribution is 2.17. The highest BCUT2D eigenvalue weighted by Gasteiger charge is 2.16.